The molecule has 4 rings (SSSR count). The molecule has 1 saturated heterocycles. The minimum absolute atomic E-state index is 0.0413. The smallest absolute Gasteiger partial charge is 0.234 e. The Labute approximate surface area is 159 Å². The molecule has 4 nitrogen and oxygen atoms in total. The topological polar surface area (TPSA) is 75.3 Å². The summed E-state index contributed by atoms with van der Waals surface area (Å²) in [5, 5.41) is 16.2. The molecule has 26 heavy (non-hydrogen) atoms. The SMILES string of the molecule is CC[C@@H](N)c1ccc(C2C(O)CC(C)C3NC(=O)C4SC=CC4C32)cc1. The van der Waals surface area contributed by atoms with Crippen LogP contribution in [-0.2, 0) is 4.79 Å². The Bertz CT molecular complexity index is 704. The number of fused-ring (bicyclic) bond motifs is 3. The number of benzene rings is 1. The number of carbonyl (C=O) groups excluding carboxylic acids is 1. The van der Waals surface area contributed by atoms with Crippen LogP contribution in [0.4, 0.5) is 0 Å². The average Bonchev–Trinajstić information content (AvgIpc) is 3.13. The zero-order valence-electron chi connectivity index (χ0n) is 15.3. The van der Waals surface area contributed by atoms with Crippen LogP contribution in [0.1, 0.15) is 49.8 Å². The maximum Gasteiger partial charge on any atom is 0.234 e. The monoisotopic (exact) mass is 372 g/mol. The second-order valence-corrected chi connectivity index (χ2v) is 9.11. The van der Waals surface area contributed by atoms with Crippen LogP contribution in [0.5, 0.6) is 0 Å². The highest BCUT2D eigenvalue weighted by Gasteiger charge is 2.53. The van der Waals surface area contributed by atoms with E-state index in [2.05, 4.69) is 54.9 Å². The molecule has 2 fully saturated rings. The van der Waals surface area contributed by atoms with E-state index in [1.807, 2.05) is 0 Å². The summed E-state index contributed by atoms with van der Waals surface area (Å²) in [7, 11) is 0. The van der Waals surface area contributed by atoms with Crippen molar-refractivity contribution in [3.05, 3.63) is 46.9 Å². The number of nitrogens with one attached hydrogen (secondary N) is 1. The lowest BCUT2D eigenvalue weighted by Crippen LogP contribution is -2.62. The predicted molar refractivity (Wildman–Crippen MR) is 106 cm³/mol. The molecule has 3 aliphatic rings. The van der Waals surface area contributed by atoms with Gasteiger partial charge in [-0.25, -0.2) is 0 Å². The van der Waals surface area contributed by atoms with E-state index in [1.165, 1.54) is 0 Å². The minimum Gasteiger partial charge on any atom is -0.392 e. The van der Waals surface area contributed by atoms with Crippen molar-refractivity contribution in [1.29, 1.82) is 0 Å². The molecule has 140 valence electrons. The number of rotatable bonds is 3. The van der Waals surface area contributed by atoms with Crippen molar-refractivity contribution < 1.29 is 9.90 Å². The Morgan fingerprint density at radius 2 is 2.08 bits per heavy atom. The molecule has 1 aliphatic carbocycles. The van der Waals surface area contributed by atoms with Gasteiger partial charge >= 0.3 is 0 Å². The van der Waals surface area contributed by atoms with E-state index in [0.29, 0.717) is 0 Å². The van der Waals surface area contributed by atoms with Crippen LogP contribution in [0.3, 0.4) is 0 Å². The number of piperidine rings is 1. The molecule has 1 aromatic carbocycles. The lowest BCUT2D eigenvalue weighted by molar-refractivity contribution is -0.128. The summed E-state index contributed by atoms with van der Waals surface area (Å²) in [4.78, 5) is 12.5. The van der Waals surface area contributed by atoms with Crippen molar-refractivity contribution in [1.82, 2.24) is 5.32 Å². The third-order valence-electron chi connectivity index (χ3n) is 6.55. The predicted octanol–water partition coefficient (Wildman–Crippen LogP) is 2.94. The minimum atomic E-state index is -0.383. The normalized spacial score (nSPS) is 39.8. The lowest BCUT2D eigenvalue weighted by Gasteiger charge is -2.51. The molecule has 1 amide bonds. The third-order valence-corrected chi connectivity index (χ3v) is 7.68. The van der Waals surface area contributed by atoms with Gasteiger partial charge in [-0.15, -0.1) is 11.8 Å². The number of aliphatic hydroxyl groups is 1. The summed E-state index contributed by atoms with van der Waals surface area (Å²) in [6, 6.07) is 8.63. The van der Waals surface area contributed by atoms with Gasteiger partial charge in [0, 0.05) is 23.9 Å². The van der Waals surface area contributed by atoms with E-state index in [1.54, 1.807) is 11.8 Å². The average molecular weight is 373 g/mol. The van der Waals surface area contributed by atoms with Gasteiger partial charge in [-0.3, -0.25) is 4.79 Å². The fraction of sp³-hybridized carbons (Fsp3) is 0.571. The standard InChI is InChI=1S/C21H28N2O2S/c1-3-15(22)12-4-6-13(7-5-12)17-16(24)10-11(2)19-18(17)14-8-9-26-20(14)21(25)23-19/h4-9,11,14-20,24H,3,10,22H2,1-2H3,(H,23,25)/t11?,14?,15-,16?,17?,18?,19?,20?/m1/s1. The number of allylic oxidation sites excluding steroid dienone is 1. The van der Waals surface area contributed by atoms with Gasteiger partial charge in [-0.2, -0.15) is 0 Å². The zero-order chi connectivity index (χ0) is 18.4. The molecule has 5 heteroatoms. The molecule has 1 aromatic rings. The quantitative estimate of drug-likeness (QED) is 0.763. The number of nitrogens with two attached hydrogens (primary N) is 1. The molecule has 0 aromatic heterocycles. The largest absolute Gasteiger partial charge is 0.392 e. The Morgan fingerprint density at radius 3 is 2.77 bits per heavy atom. The van der Waals surface area contributed by atoms with Crippen LogP contribution in [0.15, 0.2) is 35.7 Å². The molecule has 0 bridgehead atoms. The fourth-order valence-electron chi connectivity index (χ4n) is 5.12. The van der Waals surface area contributed by atoms with Gasteiger partial charge in [0.2, 0.25) is 5.91 Å². The number of amides is 1. The first-order valence-electron chi connectivity index (χ1n) is 9.67. The van der Waals surface area contributed by atoms with Crippen LogP contribution in [0.25, 0.3) is 0 Å². The molecule has 1 saturated carbocycles. The fourth-order valence-corrected chi connectivity index (χ4v) is 6.21. The molecule has 7 unspecified atom stereocenters. The Balaban J connectivity index is 1.69. The van der Waals surface area contributed by atoms with Crippen LogP contribution in [0.2, 0.25) is 0 Å². The molecule has 4 N–H and O–H groups in total. The van der Waals surface area contributed by atoms with E-state index in [9.17, 15) is 9.90 Å². The van der Waals surface area contributed by atoms with Crippen LogP contribution in [-0.4, -0.2) is 28.4 Å². The number of thioether (sulfide) groups is 1. The van der Waals surface area contributed by atoms with Gasteiger partial charge in [0.1, 0.15) is 0 Å². The third kappa shape index (κ3) is 2.90. The number of hydrogen-bond acceptors (Lipinski definition) is 4. The lowest BCUT2D eigenvalue weighted by atomic mass is 9.60. The summed E-state index contributed by atoms with van der Waals surface area (Å²) in [5.74, 6) is 0.895. The highest BCUT2D eigenvalue weighted by atomic mass is 32.2. The van der Waals surface area contributed by atoms with Crippen LogP contribution < -0.4 is 11.1 Å². The van der Waals surface area contributed by atoms with Crippen molar-refractivity contribution in [2.24, 2.45) is 23.5 Å². The van der Waals surface area contributed by atoms with Gasteiger partial charge in [0.05, 0.1) is 11.4 Å². The number of aliphatic hydroxyl groups excluding tert-OH is 1. The van der Waals surface area contributed by atoms with Gasteiger partial charge in [-0.05, 0) is 41.2 Å². The molecular formula is C21H28N2O2S. The van der Waals surface area contributed by atoms with Crippen LogP contribution in [0, 0.1) is 17.8 Å². The van der Waals surface area contributed by atoms with E-state index in [-0.39, 0.29) is 53.0 Å². The van der Waals surface area contributed by atoms with E-state index < -0.39 is 0 Å². The van der Waals surface area contributed by atoms with Gasteiger partial charge in [0.15, 0.2) is 0 Å². The molecule has 0 spiro atoms. The second kappa shape index (κ2) is 7.02. The van der Waals surface area contributed by atoms with Crippen molar-refractivity contribution in [2.45, 2.75) is 56.0 Å². The highest BCUT2D eigenvalue weighted by molar-refractivity contribution is 8.03. The molecular weight excluding hydrogens is 344 g/mol. The Kier molecular flexibility index (Phi) is 4.88. The maximum atomic E-state index is 12.5. The molecule has 2 aliphatic heterocycles. The van der Waals surface area contributed by atoms with Gasteiger partial charge in [0.25, 0.3) is 0 Å². The first-order valence-corrected chi connectivity index (χ1v) is 10.6. The highest BCUT2D eigenvalue weighted by Crippen LogP contribution is 2.51. The first kappa shape index (κ1) is 18.1. The summed E-state index contributed by atoms with van der Waals surface area (Å²) in [6.45, 7) is 4.23. The maximum absolute atomic E-state index is 12.5. The molecule has 0 radical (unpaired) electrons. The molecule has 8 atom stereocenters. The number of hydrogen-bond donors (Lipinski definition) is 3. The van der Waals surface area contributed by atoms with E-state index >= 15 is 0 Å². The Hall–Kier alpha value is -1.30. The summed E-state index contributed by atoms with van der Waals surface area (Å²) in [6.07, 6.45) is 3.43. The Morgan fingerprint density at radius 1 is 1.35 bits per heavy atom. The van der Waals surface area contributed by atoms with Crippen molar-refractivity contribution in [3.8, 4) is 0 Å². The summed E-state index contributed by atoms with van der Waals surface area (Å²) in [5.41, 5.74) is 8.45. The molecule has 2 heterocycles. The summed E-state index contributed by atoms with van der Waals surface area (Å²) >= 11 is 1.61. The van der Waals surface area contributed by atoms with Gasteiger partial charge in [-0.1, -0.05) is 44.2 Å². The van der Waals surface area contributed by atoms with Crippen molar-refractivity contribution in [2.75, 3.05) is 0 Å². The number of carbonyl (C=O) groups is 1. The first-order chi connectivity index (χ1) is 12.5. The van der Waals surface area contributed by atoms with Gasteiger partial charge < -0.3 is 16.2 Å². The van der Waals surface area contributed by atoms with Crippen molar-refractivity contribution in [3.63, 3.8) is 0 Å². The zero-order valence-corrected chi connectivity index (χ0v) is 16.2. The second-order valence-electron chi connectivity index (χ2n) is 8.06. The van der Waals surface area contributed by atoms with E-state index in [0.717, 1.165) is 24.0 Å². The van der Waals surface area contributed by atoms with Crippen LogP contribution >= 0.6 is 11.8 Å². The van der Waals surface area contributed by atoms with Crippen molar-refractivity contribution >= 4 is 17.7 Å². The van der Waals surface area contributed by atoms with E-state index in [4.69, 9.17) is 5.73 Å². The summed E-state index contributed by atoms with van der Waals surface area (Å²) < 4.78 is 0.